The van der Waals surface area contributed by atoms with E-state index in [1.54, 1.807) is 14.2 Å². The summed E-state index contributed by atoms with van der Waals surface area (Å²) < 4.78 is 10.9. The van der Waals surface area contributed by atoms with Crippen molar-refractivity contribution in [2.45, 2.75) is 30.3 Å². The van der Waals surface area contributed by atoms with Gasteiger partial charge in [-0.1, -0.05) is 19.8 Å². The summed E-state index contributed by atoms with van der Waals surface area (Å²) in [6.45, 7) is 2.23. The lowest BCUT2D eigenvalue weighted by Gasteiger charge is -2.28. The highest BCUT2D eigenvalue weighted by molar-refractivity contribution is 8.22. The second-order valence-corrected chi connectivity index (χ2v) is 7.13. The Bertz CT molecular complexity index is 427. The molecule has 0 aliphatic carbocycles. The summed E-state index contributed by atoms with van der Waals surface area (Å²) in [5.41, 5.74) is 1.28. The number of unbranched alkanes of at least 4 members (excludes halogenated alkanes) is 1. The van der Waals surface area contributed by atoms with Crippen LogP contribution in [0.15, 0.2) is 29.0 Å². The maximum Gasteiger partial charge on any atom is 0.122 e. The first-order valence-electron chi connectivity index (χ1n) is 6.48. The van der Waals surface area contributed by atoms with Gasteiger partial charge in [0.25, 0.3) is 0 Å². The molecule has 0 fully saturated rings. The topological polar surface area (TPSA) is 18.5 Å². The van der Waals surface area contributed by atoms with Gasteiger partial charge in [-0.15, -0.1) is 23.5 Å². The van der Waals surface area contributed by atoms with Gasteiger partial charge in [-0.25, -0.2) is 0 Å². The van der Waals surface area contributed by atoms with Crippen LogP contribution in [0.3, 0.4) is 0 Å². The van der Waals surface area contributed by atoms with Gasteiger partial charge in [0.2, 0.25) is 0 Å². The lowest BCUT2D eigenvalue weighted by molar-refractivity contribution is 0.393. The zero-order valence-corrected chi connectivity index (χ0v) is 13.3. The summed E-state index contributed by atoms with van der Waals surface area (Å²) in [6, 6.07) is 6.19. The molecule has 0 saturated heterocycles. The van der Waals surface area contributed by atoms with Crippen molar-refractivity contribution in [2.75, 3.05) is 14.2 Å². The van der Waals surface area contributed by atoms with E-state index in [4.69, 9.17) is 9.47 Å². The zero-order valence-electron chi connectivity index (χ0n) is 11.6. The fraction of sp³-hybridized carbons (Fsp3) is 0.467. The van der Waals surface area contributed by atoms with Crippen molar-refractivity contribution in [3.05, 3.63) is 34.6 Å². The first-order valence-corrected chi connectivity index (χ1v) is 8.24. The standard InChI is InChI=1S/C15H20O2S2/c1-4-5-6-15(18-7-8-19-15)12-9-13(16-2)11-14(10-12)17-3/h7-11H,4-6H2,1-3H3. The minimum absolute atomic E-state index is 0.0812. The van der Waals surface area contributed by atoms with Crippen LogP contribution in [0, 0.1) is 0 Å². The van der Waals surface area contributed by atoms with Crippen LogP contribution < -0.4 is 9.47 Å². The highest BCUT2D eigenvalue weighted by atomic mass is 32.2. The van der Waals surface area contributed by atoms with Crippen molar-refractivity contribution in [2.24, 2.45) is 0 Å². The lowest BCUT2D eigenvalue weighted by Crippen LogP contribution is -2.14. The molecule has 1 aliphatic heterocycles. The Morgan fingerprint density at radius 1 is 1.00 bits per heavy atom. The Morgan fingerprint density at radius 2 is 1.58 bits per heavy atom. The van der Waals surface area contributed by atoms with Crippen molar-refractivity contribution in [3.63, 3.8) is 0 Å². The van der Waals surface area contributed by atoms with E-state index in [0.717, 1.165) is 17.9 Å². The third-order valence-corrected chi connectivity index (χ3v) is 6.16. The van der Waals surface area contributed by atoms with Crippen LogP contribution in [-0.4, -0.2) is 14.2 Å². The van der Waals surface area contributed by atoms with Gasteiger partial charge in [-0.3, -0.25) is 0 Å². The van der Waals surface area contributed by atoms with E-state index >= 15 is 0 Å². The van der Waals surface area contributed by atoms with E-state index in [-0.39, 0.29) is 4.08 Å². The van der Waals surface area contributed by atoms with E-state index in [0.29, 0.717) is 0 Å². The van der Waals surface area contributed by atoms with Gasteiger partial charge in [0.05, 0.1) is 18.3 Å². The van der Waals surface area contributed by atoms with Crippen LogP contribution in [0.1, 0.15) is 31.7 Å². The smallest absolute Gasteiger partial charge is 0.122 e. The fourth-order valence-corrected chi connectivity index (χ4v) is 4.61. The molecule has 0 atom stereocenters. The Morgan fingerprint density at radius 3 is 2.05 bits per heavy atom. The van der Waals surface area contributed by atoms with E-state index in [1.807, 2.05) is 29.6 Å². The maximum atomic E-state index is 5.39. The Balaban J connectivity index is 2.35. The molecule has 104 valence electrons. The van der Waals surface area contributed by atoms with Gasteiger partial charge in [0.15, 0.2) is 0 Å². The SMILES string of the molecule is CCCCC1(c2cc(OC)cc(OC)c2)SC=CS1. The molecule has 1 aliphatic rings. The molecule has 0 spiro atoms. The summed E-state index contributed by atoms with van der Waals surface area (Å²) in [4.78, 5) is 0. The molecular weight excluding hydrogens is 276 g/mol. The Kier molecular flexibility index (Phi) is 5.11. The largest absolute Gasteiger partial charge is 0.497 e. The molecule has 0 saturated carbocycles. The molecule has 0 bridgehead atoms. The monoisotopic (exact) mass is 296 g/mol. The van der Waals surface area contributed by atoms with Gasteiger partial charge in [0.1, 0.15) is 11.5 Å². The molecule has 0 N–H and O–H groups in total. The normalized spacial score (nSPS) is 16.6. The second-order valence-electron chi connectivity index (χ2n) is 4.47. The summed E-state index contributed by atoms with van der Waals surface area (Å²) >= 11 is 3.79. The number of benzene rings is 1. The minimum atomic E-state index is 0.0812. The molecule has 0 radical (unpaired) electrons. The number of hydrogen-bond acceptors (Lipinski definition) is 4. The highest BCUT2D eigenvalue weighted by Gasteiger charge is 2.35. The third kappa shape index (κ3) is 3.23. The Labute approximate surface area is 123 Å². The minimum Gasteiger partial charge on any atom is -0.497 e. The van der Waals surface area contributed by atoms with Gasteiger partial charge >= 0.3 is 0 Å². The van der Waals surface area contributed by atoms with Gasteiger partial charge in [-0.05, 0) is 34.9 Å². The average Bonchev–Trinajstić information content (AvgIpc) is 2.94. The van der Waals surface area contributed by atoms with Crippen LogP contribution >= 0.6 is 23.5 Å². The zero-order chi connectivity index (χ0) is 13.7. The molecule has 0 aromatic heterocycles. The van der Waals surface area contributed by atoms with Crippen LogP contribution in [0.5, 0.6) is 11.5 Å². The highest BCUT2D eigenvalue weighted by Crippen LogP contribution is 2.56. The van der Waals surface area contributed by atoms with Gasteiger partial charge in [0, 0.05) is 6.07 Å². The summed E-state index contributed by atoms with van der Waals surface area (Å²) in [5.74, 6) is 1.72. The molecule has 1 aromatic rings. The lowest BCUT2D eigenvalue weighted by atomic mass is 10.0. The van der Waals surface area contributed by atoms with Crippen LogP contribution in [0.4, 0.5) is 0 Å². The predicted octanol–water partition coefficient (Wildman–Crippen LogP) is 5.00. The van der Waals surface area contributed by atoms with Crippen molar-refractivity contribution in [1.29, 1.82) is 0 Å². The van der Waals surface area contributed by atoms with Crippen LogP contribution in [-0.2, 0) is 4.08 Å². The van der Waals surface area contributed by atoms with Crippen LogP contribution in [0.2, 0.25) is 0 Å². The molecular formula is C15H20O2S2. The third-order valence-electron chi connectivity index (χ3n) is 3.22. The van der Waals surface area contributed by atoms with Gasteiger partial charge in [-0.2, -0.15) is 0 Å². The van der Waals surface area contributed by atoms with Crippen molar-refractivity contribution >= 4 is 23.5 Å². The molecule has 4 heteroatoms. The van der Waals surface area contributed by atoms with Gasteiger partial charge < -0.3 is 9.47 Å². The summed E-state index contributed by atoms with van der Waals surface area (Å²) in [5, 5.41) is 4.37. The van der Waals surface area contributed by atoms with Crippen molar-refractivity contribution in [3.8, 4) is 11.5 Å². The first-order chi connectivity index (χ1) is 9.24. The number of thioether (sulfide) groups is 2. The average molecular weight is 296 g/mol. The first kappa shape index (κ1) is 14.7. The van der Waals surface area contributed by atoms with E-state index in [1.165, 1.54) is 18.4 Å². The number of methoxy groups -OCH3 is 2. The quantitative estimate of drug-likeness (QED) is 0.735. The number of rotatable bonds is 6. The second kappa shape index (κ2) is 6.62. The predicted molar refractivity (Wildman–Crippen MR) is 85.1 cm³/mol. The molecule has 0 amide bonds. The van der Waals surface area contributed by atoms with E-state index in [2.05, 4.69) is 29.9 Å². The van der Waals surface area contributed by atoms with Crippen molar-refractivity contribution in [1.82, 2.24) is 0 Å². The number of ether oxygens (including phenoxy) is 2. The molecule has 1 heterocycles. The summed E-state index contributed by atoms with van der Waals surface area (Å²) in [7, 11) is 3.40. The number of hydrogen-bond donors (Lipinski definition) is 0. The Hall–Kier alpha value is -0.740. The van der Waals surface area contributed by atoms with E-state index in [9.17, 15) is 0 Å². The molecule has 2 nitrogen and oxygen atoms in total. The van der Waals surface area contributed by atoms with Crippen LogP contribution in [0.25, 0.3) is 0 Å². The fourth-order valence-electron chi connectivity index (χ4n) is 2.14. The summed E-state index contributed by atoms with van der Waals surface area (Å²) in [6.07, 6.45) is 3.59. The molecule has 19 heavy (non-hydrogen) atoms. The van der Waals surface area contributed by atoms with Crippen molar-refractivity contribution < 1.29 is 9.47 Å². The molecule has 1 aromatic carbocycles. The maximum absolute atomic E-state index is 5.39. The molecule has 2 rings (SSSR count). The molecule has 0 unspecified atom stereocenters. The van der Waals surface area contributed by atoms with E-state index < -0.39 is 0 Å².